The molecule has 0 heterocycles. The summed E-state index contributed by atoms with van der Waals surface area (Å²) in [6, 6.07) is 4.08. The summed E-state index contributed by atoms with van der Waals surface area (Å²) in [4.78, 5) is 10.7. The average Bonchev–Trinajstić information content (AvgIpc) is 2.23. The third-order valence-corrected chi connectivity index (χ3v) is 2.86. The number of amides is 1. The molecule has 0 unspecified atom stereocenters. The van der Waals surface area contributed by atoms with Gasteiger partial charge in [0.05, 0.1) is 17.8 Å². The van der Waals surface area contributed by atoms with Gasteiger partial charge in [0, 0.05) is 0 Å². The van der Waals surface area contributed by atoms with Gasteiger partial charge >= 0.3 is 16.3 Å². The Morgan fingerprint density at radius 3 is 2.71 bits per heavy atom. The highest BCUT2D eigenvalue weighted by molar-refractivity contribution is 7.91. The van der Waals surface area contributed by atoms with E-state index in [1.807, 2.05) is 4.72 Å². The van der Waals surface area contributed by atoms with Gasteiger partial charge in [0.1, 0.15) is 0 Å². The Morgan fingerprint density at radius 1 is 1.47 bits per heavy atom. The number of aromatic hydroxyl groups is 1. The SMILES string of the molecule is COC(=O)NS(=O)(=O)Nc1cccc(Cl)c1O. The molecule has 0 fully saturated rings. The fourth-order valence-corrected chi connectivity index (χ4v) is 1.90. The van der Waals surface area contributed by atoms with E-state index in [4.69, 9.17) is 11.6 Å². The highest BCUT2D eigenvalue weighted by atomic mass is 35.5. The maximum Gasteiger partial charge on any atom is 0.422 e. The summed E-state index contributed by atoms with van der Waals surface area (Å²) in [5, 5.41) is 9.42. The zero-order chi connectivity index (χ0) is 13.1. The Bertz CT molecular complexity index is 531. The van der Waals surface area contributed by atoms with Gasteiger partial charge < -0.3 is 9.84 Å². The second-order valence-electron chi connectivity index (χ2n) is 2.84. The fraction of sp³-hybridized carbons (Fsp3) is 0.125. The summed E-state index contributed by atoms with van der Waals surface area (Å²) in [5.41, 5.74) is -0.158. The summed E-state index contributed by atoms with van der Waals surface area (Å²) in [7, 11) is -3.16. The van der Waals surface area contributed by atoms with E-state index >= 15 is 0 Å². The standard InChI is InChI=1S/C8H9ClN2O5S/c1-16-8(13)11-17(14,15)10-6-4-2-3-5(9)7(6)12/h2-4,10,12H,1H3,(H,11,13). The van der Waals surface area contributed by atoms with Crippen molar-refractivity contribution in [3.8, 4) is 5.75 Å². The fourth-order valence-electron chi connectivity index (χ4n) is 0.919. The molecule has 0 saturated carbocycles. The first-order chi connectivity index (χ1) is 7.85. The number of para-hydroxylation sites is 1. The molecule has 7 nitrogen and oxygen atoms in total. The van der Waals surface area contributed by atoms with Crippen LogP contribution in [0.1, 0.15) is 0 Å². The second-order valence-corrected chi connectivity index (χ2v) is 4.66. The van der Waals surface area contributed by atoms with Gasteiger partial charge in [-0.25, -0.2) is 9.52 Å². The molecule has 0 aliphatic rings. The number of hydrogen-bond donors (Lipinski definition) is 3. The largest absolute Gasteiger partial charge is 0.504 e. The van der Waals surface area contributed by atoms with E-state index in [1.165, 1.54) is 18.2 Å². The van der Waals surface area contributed by atoms with Crippen LogP contribution in [0.25, 0.3) is 0 Å². The summed E-state index contributed by atoms with van der Waals surface area (Å²) in [6.45, 7) is 0. The van der Waals surface area contributed by atoms with Crippen molar-refractivity contribution >= 4 is 33.6 Å². The number of phenolic OH excluding ortho intramolecular Hbond substituents is 1. The molecule has 1 amide bonds. The number of carbonyl (C=O) groups excluding carboxylic acids is 1. The predicted molar refractivity (Wildman–Crippen MR) is 61.2 cm³/mol. The maximum atomic E-state index is 11.4. The van der Waals surface area contributed by atoms with Crippen LogP contribution in [-0.2, 0) is 14.9 Å². The summed E-state index contributed by atoms with van der Waals surface area (Å²) >= 11 is 5.58. The average molecular weight is 281 g/mol. The van der Waals surface area contributed by atoms with E-state index in [-0.39, 0.29) is 10.7 Å². The molecule has 0 aliphatic heterocycles. The Labute approximate surface area is 103 Å². The minimum atomic E-state index is -4.18. The summed E-state index contributed by atoms with van der Waals surface area (Å²) in [6.07, 6.45) is -1.15. The van der Waals surface area contributed by atoms with Gasteiger partial charge in [-0.05, 0) is 12.1 Å². The van der Waals surface area contributed by atoms with Gasteiger partial charge in [0.2, 0.25) is 0 Å². The molecule has 0 aromatic heterocycles. The third-order valence-electron chi connectivity index (χ3n) is 1.63. The molecule has 0 spiro atoms. The molecular weight excluding hydrogens is 272 g/mol. The molecular formula is C8H9ClN2O5S. The highest BCUT2D eigenvalue weighted by Gasteiger charge is 2.16. The van der Waals surface area contributed by atoms with Crippen LogP contribution in [0.4, 0.5) is 10.5 Å². The number of ether oxygens (including phenoxy) is 1. The minimum absolute atomic E-state index is 0.0248. The van der Waals surface area contributed by atoms with Crippen molar-refractivity contribution in [2.24, 2.45) is 0 Å². The van der Waals surface area contributed by atoms with Crippen LogP contribution in [0.2, 0.25) is 5.02 Å². The smallest absolute Gasteiger partial charge is 0.422 e. The van der Waals surface area contributed by atoms with Crippen LogP contribution in [0.3, 0.4) is 0 Å². The number of carbonyl (C=O) groups is 1. The number of nitrogens with one attached hydrogen (secondary N) is 2. The lowest BCUT2D eigenvalue weighted by molar-refractivity contribution is 0.177. The van der Waals surface area contributed by atoms with E-state index in [1.54, 1.807) is 4.72 Å². The Balaban J connectivity index is 2.91. The van der Waals surface area contributed by atoms with Crippen LogP contribution >= 0.6 is 11.6 Å². The molecule has 1 aromatic carbocycles. The lowest BCUT2D eigenvalue weighted by atomic mass is 10.3. The van der Waals surface area contributed by atoms with Crippen LogP contribution in [-0.4, -0.2) is 26.7 Å². The Kier molecular flexibility index (Phi) is 4.02. The monoisotopic (exact) mass is 280 g/mol. The zero-order valence-electron chi connectivity index (χ0n) is 8.60. The van der Waals surface area contributed by atoms with Crippen molar-refractivity contribution in [3.63, 3.8) is 0 Å². The maximum absolute atomic E-state index is 11.4. The zero-order valence-corrected chi connectivity index (χ0v) is 10.2. The Morgan fingerprint density at radius 2 is 2.12 bits per heavy atom. The number of halogens is 1. The highest BCUT2D eigenvalue weighted by Crippen LogP contribution is 2.31. The number of phenols is 1. The lowest BCUT2D eigenvalue weighted by Gasteiger charge is -2.10. The molecule has 1 rings (SSSR count). The first-order valence-electron chi connectivity index (χ1n) is 4.21. The molecule has 0 bridgehead atoms. The number of hydrogen-bond acceptors (Lipinski definition) is 5. The van der Waals surface area contributed by atoms with Crippen molar-refractivity contribution in [2.75, 3.05) is 11.8 Å². The normalized spacial score (nSPS) is 10.7. The molecule has 17 heavy (non-hydrogen) atoms. The number of anilines is 1. The van der Waals surface area contributed by atoms with Crippen molar-refractivity contribution in [1.82, 2.24) is 4.72 Å². The molecule has 3 N–H and O–H groups in total. The van der Waals surface area contributed by atoms with Crippen LogP contribution in [0.15, 0.2) is 18.2 Å². The third kappa shape index (κ3) is 3.68. The van der Waals surface area contributed by atoms with Gasteiger partial charge in [-0.2, -0.15) is 8.42 Å². The van der Waals surface area contributed by atoms with Crippen molar-refractivity contribution in [1.29, 1.82) is 0 Å². The summed E-state index contributed by atoms with van der Waals surface area (Å²) in [5.74, 6) is -0.440. The van der Waals surface area contributed by atoms with E-state index in [0.717, 1.165) is 7.11 Å². The van der Waals surface area contributed by atoms with Crippen molar-refractivity contribution in [3.05, 3.63) is 23.2 Å². The van der Waals surface area contributed by atoms with Gasteiger partial charge in [-0.3, -0.25) is 4.72 Å². The Hall–Kier alpha value is -1.67. The quantitative estimate of drug-likeness (QED) is 0.718. The van der Waals surface area contributed by atoms with Crippen LogP contribution in [0, 0.1) is 0 Å². The molecule has 0 radical (unpaired) electrons. The van der Waals surface area contributed by atoms with Crippen molar-refractivity contribution in [2.45, 2.75) is 0 Å². The van der Waals surface area contributed by atoms with Gasteiger partial charge in [-0.15, -0.1) is 0 Å². The number of benzene rings is 1. The van der Waals surface area contributed by atoms with Crippen LogP contribution in [0.5, 0.6) is 5.75 Å². The molecule has 0 atom stereocenters. The first kappa shape index (κ1) is 13.4. The summed E-state index contributed by atoms with van der Waals surface area (Å²) < 4.78 is 30.3. The first-order valence-corrected chi connectivity index (χ1v) is 6.08. The van der Waals surface area contributed by atoms with E-state index < -0.39 is 22.1 Å². The minimum Gasteiger partial charge on any atom is -0.504 e. The van der Waals surface area contributed by atoms with E-state index in [9.17, 15) is 18.3 Å². The van der Waals surface area contributed by atoms with E-state index in [0.29, 0.717) is 0 Å². The number of methoxy groups -OCH3 is 1. The predicted octanol–water partition coefficient (Wildman–Crippen LogP) is 1.06. The second kappa shape index (κ2) is 5.11. The molecule has 0 aliphatic carbocycles. The van der Waals surface area contributed by atoms with Gasteiger partial charge in [0.25, 0.3) is 0 Å². The number of rotatable bonds is 3. The molecule has 94 valence electrons. The van der Waals surface area contributed by atoms with Gasteiger partial charge in [-0.1, -0.05) is 17.7 Å². The molecule has 9 heteroatoms. The lowest BCUT2D eigenvalue weighted by Crippen LogP contribution is -2.35. The van der Waals surface area contributed by atoms with E-state index in [2.05, 4.69) is 4.74 Å². The van der Waals surface area contributed by atoms with Crippen molar-refractivity contribution < 1.29 is 23.1 Å². The topological polar surface area (TPSA) is 105 Å². The molecule has 0 saturated heterocycles. The van der Waals surface area contributed by atoms with Gasteiger partial charge in [0.15, 0.2) is 5.75 Å². The van der Waals surface area contributed by atoms with Crippen LogP contribution < -0.4 is 9.44 Å². The molecule has 1 aromatic rings.